The van der Waals surface area contributed by atoms with Crippen LogP contribution in [0.2, 0.25) is 0 Å². The summed E-state index contributed by atoms with van der Waals surface area (Å²) in [4.78, 5) is 32.5. The van der Waals surface area contributed by atoms with E-state index < -0.39 is 5.97 Å². The van der Waals surface area contributed by atoms with Crippen LogP contribution in [-0.4, -0.2) is 22.5 Å². The first kappa shape index (κ1) is 14.5. The molecular weight excluding hydrogens is 300 g/mol. The standard InChI is InChI=1S/C16H14N2O3S/c1-3-21-16(20)13-17-14(19)12-11(9(2)22-15(12)18-13)10-7-5-4-6-8-10/h4-8H,3H2,1-2H3,(H,17,18,19). The summed E-state index contributed by atoms with van der Waals surface area (Å²) in [6.45, 7) is 3.88. The third-order valence-corrected chi connectivity index (χ3v) is 4.27. The summed E-state index contributed by atoms with van der Waals surface area (Å²) >= 11 is 1.40. The topological polar surface area (TPSA) is 72.0 Å². The predicted octanol–water partition coefficient (Wildman–Crippen LogP) is 3.14. The van der Waals surface area contributed by atoms with Gasteiger partial charge in [0, 0.05) is 10.4 Å². The van der Waals surface area contributed by atoms with Crippen LogP contribution < -0.4 is 5.56 Å². The van der Waals surface area contributed by atoms with Gasteiger partial charge in [-0.3, -0.25) is 4.79 Å². The van der Waals surface area contributed by atoms with Crippen LogP contribution in [0.4, 0.5) is 0 Å². The number of aromatic nitrogens is 2. The molecule has 112 valence electrons. The van der Waals surface area contributed by atoms with Crippen molar-refractivity contribution < 1.29 is 9.53 Å². The third-order valence-electron chi connectivity index (χ3n) is 3.27. The average molecular weight is 314 g/mol. The van der Waals surface area contributed by atoms with E-state index >= 15 is 0 Å². The molecule has 2 aromatic heterocycles. The zero-order valence-electron chi connectivity index (χ0n) is 12.2. The molecule has 0 unspecified atom stereocenters. The van der Waals surface area contributed by atoms with E-state index in [9.17, 15) is 9.59 Å². The van der Waals surface area contributed by atoms with Crippen LogP contribution >= 0.6 is 11.3 Å². The molecule has 1 aromatic carbocycles. The van der Waals surface area contributed by atoms with Gasteiger partial charge in [0.15, 0.2) is 0 Å². The highest BCUT2D eigenvalue weighted by molar-refractivity contribution is 7.19. The molecule has 2 heterocycles. The van der Waals surface area contributed by atoms with Gasteiger partial charge in [-0.2, -0.15) is 0 Å². The Morgan fingerprint density at radius 1 is 1.32 bits per heavy atom. The van der Waals surface area contributed by atoms with Crippen LogP contribution in [0.5, 0.6) is 0 Å². The minimum Gasteiger partial charge on any atom is -0.460 e. The lowest BCUT2D eigenvalue weighted by Crippen LogP contribution is -2.17. The molecule has 22 heavy (non-hydrogen) atoms. The Hall–Kier alpha value is -2.47. The second-order valence-corrected chi connectivity index (χ2v) is 5.92. The van der Waals surface area contributed by atoms with Crippen LogP contribution in [0.15, 0.2) is 35.1 Å². The summed E-state index contributed by atoms with van der Waals surface area (Å²) in [6.07, 6.45) is 0. The maximum absolute atomic E-state index is 12.4. The van der Waals surface area contributed by atoms with Crippen molar-refractivity contribution in [2.24, 2.45) is 0 Å². The number of H-pyrrole nitrogens is 1. The summed E-state index contributed by atoms with van der Waals surface area (Å²) in [5, 5.41) is 0.516. The van der Waals surface area contributed by atoms with Gasteiger partial charge < -0.3 is 9.72 Å². The Kier molecular flexibility index (Phi) is 3.77. The van der Waals surface area contributed by atoms with Crippen LogP contribution in [-0.2, 0) is 4.74 Å². The molecule has 0 aliphatic rings. The molecule has 0 saturated carbocycles. The highest BCUT2D eigenvalue weighted by atomic mass is 32.1. The van der Waals surface area contributed by atoms with E-state index in [1.54, 1.807) is 6.92 Å². The Bertz CT molecular complexity index is 897. The zero-order chi connectivity index (χ0) is 15.7. The molecule has 0 bridgehead atoms. The molecule has 0 atom stereocenters. The van der Waals surface area contributed by atoms with Crippen LogP contribution in [0.3, 0.4) is 0 Å². The van der Waals surface area contributed by atoms with Crippen molar-refractivity contribution in [2.45, 2.75) is 13.8 Å². The molecule has 0 radical (unpaired) electrons. The van der Waals surface area contributed by atoms with E-state index in [-0.39, 0.29) is 18.0 Å². The minimum atomic E-state index is -0.617. The molecule has 1 N–H and O–H groups in total. The third kappa shape index (κ3) is 2.42. The number of nitrogens with zero attached hydrogens (tertiary/aromatic N) is 1. The van der Waals surface area contributed by atoms with Crippen molar-refractivity contribution in [3.63, 3.8) is 0 Å². The quantitative estimate of drug-likeness (QED) is 0.754. The Morgan fingerprint density at radius 2 is 2.05 bits per heavy atom. The smallest absolute Gasteiger partial charge is 0.374 e. The number of aryl methyl sites for hydroxylation is 1. The highest BCUT2D eigenvalue weighted by Crippen LogP contribution is 2.35. The van der Waals surface area contributed by atoms with E-state index in [0.29, 0.717) is 10.2 Å². The van der Waals surface area contributed by atoms with E-state index in [1.807, 2.05) is 37.3 Å². The molecule has 0 amide bonds. The van der Waals surface area contributed by atoms with Gasteiger partial charge in [-0.15, -0.1) is 11.3 Å². The molecule has 3 rings (SSSR count). The normalized spacial score (nSPS) is 10.8. The van der Waals surface area contributed by atoms with Gasteiger partial charge in [-0.25, -0.2) is 9.78 Å². The van der Waals surface area contributed by atoms with Crippen LogP contribution in [0.1, 0.15) is 22.4 Å². The minimum absolute atomic E-state index is 0.0554. The number of carbonyl (C=O) groups excluding carboxylic acids is 1. The average Bonchev–Trinajstić information content (AvgIpc) is 2.85. The van der Waals surface area contributed by atoms with E-state index in [0.717, 1.165) is 16.0 Å². The number of esters is 1. The molecule has 0 aliphatic carbocycles. The fourth-order valence-corrected chi connectivity index (χ4v) is 3.41. The van der Waals surface area contributed by atoms with Crippen molar-refractivity contribution in [3.05, 3.63) is 51.4 Å². The van der Waals surface area contributed by atoms with Crippen LogP contribution in [0.25, 0.3) is 21.3 Å². The Morgan fingerprint density at radius 3 is 2.73 bits per heavy atom. The largest absolute Gasteiger partial charge is 0.460 e. The lowest BCUT2D eigenvalue weighted by molar-refractivity contribution is 0.0512. The highest BCUT2D eigenvalue weighted by Gasteiger charge is 2.19. The first-order chi connectivity index (χ1) is 10.6. The molecule has 0 fully saturated rings. The SMILES string of the molecule is CCOC(=O)c1nc2sc(C)c(-c3ccccc3)c2c(=O)[nH]1. The van der Waals surface area contributed by atoms with Crippen molar-refractivity contribution >= 4 is 27.5 Å². The maximum Gasteiger partial charge on any atom is 0.374 e. The summed E-state index contributed by atoms with van der Waals surface area (Å²) in [7, 11) is 0. The lowest BCUT2D eigenvalue weighted by Gasteiger charge is -2.02. The second-order valence-electron chi connectivity index (χ2n) is 4.71. The number of hydrogen-bond acceptors (Lipinski definition) is 5. The van der Waals surface area contributed by atoms with Gasteiger partial charge in [0.1, 0.15) is 4.83 Å². The van der Waals surface area contributed by atoms with Gasteiger partial charge in [0.2, 0.25) is 5.82 Å². The lowest BCUT2D eigenvalue weighted by atomic mass is 10.0. The summed E-state index contributed by atoms with van der Waals surface area (Å²) in [5.41, 5.74) is 1.50. The number of rotatable bonds is 3. The van der Waals surface area contributed by atoms with Crippen molar-refractivity contribution in [3.8, 4) is 11.1 Å². The van der Waals surface area contributed by atoms with E-state index in [1.165, 1.54) is 11.3 Å². The molecular formula is C16H14N2O3S. The van der Waals surface area contributed by atoms with E-state index in [4.69, 9.17) is 4.74 Å². The number of hydrogen-bond donors (Lipinski definition) is 1. The fourth-order valence-electron chi connectivity index (χ4n) is 2.37. The van der Waals surface area contributed by atoms with Crippen LogP contribution in [0, 0.1) is 6.92 Å². The van der Waals surface area contributed by atoms with Crippen molar-refractivity contribution in [2.75, 3.05) is 6.61 Å². The van der Waals surface area contributed by atoms with Gasteiger partial charge >= 0.3 is 5.97 Å². The number of fused-ring (bicyclic) bond motifs is 1. The molecule has 6 heteroatoms. The second kappa shape index (κ2) is 5.73. The number of nitrogens with one attached hydrogen (secondary N) is 1. The number of benzene rings is 1. The van der Waals surface area contributed by atoms with Gasteiger partial charge in [0.25, 0.3) is 5.56 Å². The monoisotopic (exact) mass is 314 g/mol. The number of aromatic amines is 1. The summed E-state index contributed by atoms with van der Waals surface area (Å²) in [5.74, 6) is -0.672. The fraction of sp³-hybridized carbons (Fsp3) is 0.188. The molecule has 3 aromatic rings. The van der Waals surface area contributed by atoms with Crippen molar-refractivity contribution in [1.29, 1.82) is 0 Å². The van der Waals surface area contributed by atoms with Gasteiger partial charge in [0.05, 0.1) is 12.0 Å². The molecule has 0 aliphatic heterocycles. The van der Waals surface area contributed by atoms with E-state index in [2.05, 4.69) is 9.97 Å². The first-order valence-electron chi connectivity index (χ1n) is 6.87. The Balaban J connectivity index is 2.24. The zero-order valence-corrected chi connectivity index (χ0v) is 13.0. The van der Waals surface area contributed by atoms with Gasteiger partial charge in [-0.1, -0.05) is 30.3 Å². The predicted molar refractivity (Wildman–Crippen MR) is 86.4 cm³/mol. The summed E-state index contributed by atoms with van der Waals surface area (Å²) in [6, 6.07) is 9.68. The van der Waals surface area contributed by atoms with Gasteiger partial charge in [-0.05, 0) is 19.4 Å². The molecule has 5 nitrogen and oxygen atoms in total. The number of ether oxygens (including phenoxy) is 1. The Labute approximate surface area is 130 Å². The molecule has 0 spiro atoms. The molecule has 0 saturated heterocycles. The number of carbonyl (C=O) groups is 1. The van der Waals surface area contributed by atoms with Crippen molar-refractivity contribution in [1.82, 2.24) is 9.97 Å². The summed E-state index contributed by atoms with van der Waals surface area (Å²) < 4.78 is 4.89. The first-order valence-corrected chi connectivity index (χ1v) is 7.69. The number of thiophene rings is 1. The maximum atomic E-state index is 12.4.